The normalized spacial score (nSPS) is 11.1. The number of carbonyl (C=O) groups is 2. The van der Waals surface area contributed by atoms with Crippen LogP contribution in [0.3, 0.4) is 0 Å². The molecule has 2 N–H and O–H groups in total. The molecule has 128 valence electrons. The first-order valence-electron chi connectivity index (χ1n) is 6.88. The van der Waals surface area contributed by atoms with E-state index in [0.29, 0.717) is 13.1 Å². The van der Waals surface area contributed by atoms with Gasteiger partial charge in [0, 0.05) is 13.1 Å². The maximum atomic E-state index is 12.4. The van der Waals surface area contributed by atoms with E-state index in [1.807, 2.05) is 6.92 Å². The van der Waals surface area contributed by atoms with Crippen LogP contribution in [0.5, 0.6) is 0 Å². The summed E-state index contributed by atoms with van der Waals surface area (Å²) >= 11 is 0. The number of esters is 2. The van der Waals surface area contributed by atoms with Crippen LogP contribution in [0, 0.1) is 0 Å². The van der Waals surface area contributed by atoms with Crippen molar-refractivity contribution in [2.45, 2.75) is 11.8 Å². The largest absolute Gasteiger partial charge is 0.465 e. The number of benzene rings is 1. The van der Waals surface area contributed by atoms with Crippen molar-refractivity contribution < 1.29 is 27.5 Å². The molecule has 1 rings (SSSR count). The van der Waals surface area contributed by atoms with Gasteiger partial charge in [0.1, 0.15) is 0 Å². The summed E-state index contributed by atoms with van der Waals surface area (Å²) in [6, 6.07) is 3.61. The average molecular weight is 344 g/mol. The van der Waals surface area contributed by atoms with Crippen LogP contribution in [-0.4, -0.2) is 54.2 Å². The van der Waals surface area contributed by atoms with Crippen molar-refractivity contribution >= 4 is 22.0 Å². The fraction of sp³-hybridized carbons (Fsp3) is 0.429. The van der Waals surface area contributed by atoms with Gasteiger partial charge in [0.2, 0.25) is 10.0 Å². The Morgan fingerprint density at radius 2 is 1.74 bits per heavy atom. The number of methoxy groups -OCH3 is 2. The van der Waals surface area contributed by atoms with E-state index in [2.05, 4.69) is 19.5 Å². The molecule has 1 aromatic rings. The molecule has 0 aromatic heterocycles. The molecule has 0 aliphatic heterocycles. The lowest BCUT2D eigenvalue weighted by molar-refractivity contribution is 0.0583. The Balaban J connectivity index is 3.22. The van der Waals surface area contributed by atoms with E-state index in [1.54, 1.807) is 0 Å². The maximum absolute atomic E-state index is 12.4. The molecule has 0 fully saturated rings. The van der Waals surface area contributed by atoms with Crippen molar-refractivity contribution in [3.05, 3.63) is 29.3 Å². The standard InChI is InChI=1S/C14H20N2O6S/c1-4-15-7-8-16-23(19,20)12-9-10(13(17)21-2)5-6-11(12)14(18)22-3/h5-6,9,15-16H,4,7-8H2,1-3H3. The molecule has 8 nitrogen and oxygen atoms in total. The number of likely N-dealkylation sites (N-methyl/N-ethyl adjacent to an activating group) is 1. The van der Waals surface area contributed by atoms with E-state index in [1.165, 1.54) is 19.2 Å². The summed E-state index contributed by atoms with van der Waals surface area (Å²) in [6.07, 6.45) is 0. The first kappa shape index (κ1) is 19.1. The molecule has 0 aliphatic rings. The number of carbonyl (C=O) groups excluding carboxylic acids is 2. The number of sulfonamides is 1. The minimum atomic E-state index is -3.99. The van der Waals surface area contributed by atoms with Gasteiger partial charge in [-0.15, -0.1) is 0 Å². The van der Waals surface area contributed by atoms with E-state index < -0.39 is 22.0 Å². The van der Waals surface area contributed by atoms with Crippen LogP contribution >= 0.6 is 0 Å². The smallest absolute Gasteiger partial charge is 0.339 e. The highest BCUT2D eigenvalue weighted by atomic mass is 32.2. The third-order valence-corrected chi connectivity index (χ3v) is 4.44. The van der Waals surface area contributed by atoms with Crippen molar-refractivity contribution in [3.8, 4) is 0 Å². The fourth-order valence-electron chi connectivity index (χ4n) is 1.80. The van der Waals surface area contributed by atoms with Gasteiger partial charge in [0.05, 0.1) is 30.2 Å². The van der Waals surface area contributed by atoms with Gasteiger partial charge >= 0.3 is 11.9 Å². The van der Waals surface area contributed by atoms with Gasteiger partial charge in [-0.1, -0.05) is 6.92 Å². The SMILES string of the molecule is CCNCCNS(=O)(=O)c1cc(C(=O)OC)ccc1C(=O)OC. The number of nitrogens with one attached hydrogen (secondary N) is 2. The van der Waals surface area contributed by atoms with Gasteiger partial charge < -0.3 is 14.8 Å². The third kappa shape index (κ3) is 5.02. The summed E-state index contributed by atoms with van der Waals surface area (Å²) < 4.78 is 36.3. The Morgan fingerprint density at radius 1 is 1.09 bits per heavy atom. The zero-order chi connectivity index (χ0) is 17.5. The van der Waals surface area contributed by atoms with E-state index >= 15 is 0 Å². The Hall–Kier alpha value is -1.97. The molecule has 0 radical (unpaired) electrons. The number of ether oxygens (including phenoxy) is 2. The third-order valence-electron chi connectivity index (χ3n) is 2.94. The van der Waals surface area contributed by atoms with Gasteiger partial charge in [0.25, 0.3) is 0 Å². The summed E-state index contributed by atoms with van der Waals surface area (Å²) in [6.45, 7) is 3.16. The van der Waals surface area contributed by atoms with E-state index in [0.717, 1.165) is 13.2 Å². The highest BCUT2D eigenvalue weighted by Crippen LogP contribution is 2.19. The molecule has 0 heterocycles. The lowest BCUT2D eigenvalue weighted by atomic mass is 10.1. The molecular weight excluding hydrogens is 324 g/mol. The molecule has 0 atom stereocenters. The van der Waals surface area contributed by atoms with Crippen molar-refractivity contribution in [3.63, 3.8) is 0 Å². The topological polar surface area (TPSA) is 111 Å². The van der Waals surface area contributed by atoms with Crippen LogP contribution in [0.1, 0.15) is 27.6 Å². The monoisotopic (exact) mass is 344 g/mol. The van der Waals surface area contributed by atoms with Crippen LogP contribution in [0.2, 0.25) is 0 Å². The molecule has 0 spiro atoms. The van der Waals surface area contributed by atoms with Crippen LogP contribution < -0.4 is 10.0 Å². The minimum absolute atomic E-state index is 0.0206. The summed E-state index contributed by atoms with van der Waals surface area (Å²) in [4.78, 5) is 23.0. The average Bonchev–Trinajstić information content (AvgIpc) is 2.56. The number of hydrogen-bond donors (Lipinski definition) is 2. The van der Waals surface area contributed by atoms with Gasteiger partial charge in [0.15, 0.2) is 0 Å². The number of hydrogen-bond acceptors (Lipinski definition) is 7. The molecule has 1 aromatic carbocycles. The summed E-state index contributed by atoms with van der Waals surface area (Å²) in [5.74, 6) is -1.51. The summed E-state index contributed by atoms with van der Waals surface area (Å²) in [7, 11) is -1.67. The quantitative estimate of drug-likeness (QED) is 0.510. The fourth-order valence-corrected chi connectivity index (χ4v) is 3.05. The summed E-state index contributed by atoms with van der Waals surface area (Å²) in [5, 5.41) is 2.97. The zero-order valence-electron chi connectivity index (χ0n) is 13.2. The second-order valence-electron chi connectivity index (χ2n) is 4.45. The van der Waals surface area contributed by atoms with Gasteiger partial charge in [-0.25, -0.2) is 22.7 Å². The minimum Gasteiger partial charge on any atom is -0.465 e. The maximum Gasteiger partial charge on any atom is 0.339 e. The molecule has 0 bridgehead atoms. The molecule has 0 amide bonds. The Labute approximate surface area is 135 Å². The van der Waals surface area contributed by atoms with Crippen LogP contribution in [0.25, 0.3) is 0 Å². The first-order chi connectivity index (χ1) is 10.9. The van der Waals surface area contributed by atoms with Gasteiger partial charge in [-0.3, -0.25) is 0 Å². The zero-order valence-corrected chi connectivity index (χ0v) is 14.0. The second kappa shape index (κ2) is 8.61. The van der Waals surface area contributed by atoms with Gasteiger partial charge in [-0.2, -0.15) is 0 Å². The predicted molar refractivity (Wildman–Crippen MR) is 82.9 cm³/mol. The predicted octanol–water partition coefficient (Wildman–Crippen LogP) is 0.148. The molecule has 9 heteroatoms. The van der Waals surface area contributed by atoms with Crippen molar-refractivity contribution in [2.24, 2.45) is 0 Å². The Morgan fingerprint density at radius 3 is 2.30 bits per heavy atom. The molecule has 0 saturated heterocycles. The Bertz CT molecular complexity index is 672. The highest BCUT2D eigenvalue weighted by molar-refractivity contribution is 7.89. The van der Waals surface area contributed by atoms with Gasteiger partial charge in [-0.05, 0) is 24.7 Å². The lowest BCUT2D eigenvalue weighted by Crippen LogP contribution is -2.32. The molecular formula is C14H20N2O6S. The summed E-state index contributed by atoms with van der Waals surface area (Å²) in [5.41, 5.74) is -0.136. The van der Waals surface area contributed by atoms with Crippen LogP contribution in [-0.2, 0) is 19.5 Å². The second-order valence-corrected chi connectivity index (χ2v) is 6.18. The van der Waals surface area contributed by atoms with Crippen molar-refractivity contribution in [1.82, 2.24) is 10.0 Å². The van der Waals surface area contributed by atoms with Crippen molar-refractivity contribution in [1.29, 1.82) is 0 Å². The first-order valence-corrected chi connectivity index (χ1v) is 8.36. The van der Waals surface area contributed by atoms with Crippen LogP contribution in [0.4, 0.5) is 0 Å². The van der Waals surface area contributed by atoms with Crippen LogP contribution in [0.15, 0.2) is 23.1 Å². The lowest BCUT2D eigenvalue weighted by Gasteiger charge is -2.12. The van der Waals surface area contributed by atoms with Crippen molar-refractivity contribution in [2.75, 3.05) is 33.9 Å². The van der Waals surface area contributed by atoms with E-state index in [4.69, 9.17) is 0 Å². The van der Waals surface area contributed by atoms with E-state index in [-0.39, 0.29) is 22.6 Å². The Kier molecular flexibility index (Phi) is 7.14. The molecule has 0 unspecified atom stereocenters. The highest BCUT2D eigenvalue weighted by Gasteiger charge is 2.24. The number of rotatable bonds is 8. The molecule has 0 saturated carbocycles. The molecule has 23 heavy (non-hydrogen) atoms. The van der Waals surface area contributed by atoms with E-state index in [9.17, 15) is 18.0 Å². The molecule has 0 aliphatic carbocycles.